The van der Waals surface area contributed by atoms with Gasteiger partial charge in [-0.25, -0.2) is 8.42 Å². The first kappa shape index (κ1) is 20.4. The highest BCUT2D eigenvalue weighted by Gasteiger charge is 2.28. The fourth-order valence-electron chi connectivity index (χ4n) is 3.54. The van der Waals surface area contributed by atoms with Crippen LogP contribution in [0.3, 0.4) is 0 Å². The number of carbonyl (C=O) groups is 1. The number of para-hydroxylation sites is 1. The Kier molecular flexibility index (Phi) is 5.79. The Bertz CT molecular complexity index is 1160. The monoisotopic (exact) mass is 440 g/mol. The van der Waals surface area contributed by atoms with E-state index in [9.17, 15) is 13.2 Å². The lowest BCUT2D eigenvalue weighted by molar-refractivity contribution is 0.0951. The number of hydrogen-bond donors (Lipinski definition) is 1. The van der Waals surface area contributed by atoms with Crippen LogP contribution >= 0.6 is 11.6 Å². The van der Waals surface area contributed by atoms with Crippen LogP contribution < -0.4 is 9.62 Å². The molecular weight excluding hydrogens is 420 g/mol. The van der Waals surface area contributed by atoms with Crippen LogP contribution in [0.4, 0.5) is 5.69 Å². The van der Waals surface area contributed by atoms with Crippen LogP contribution in [-0.4, -0.2) is 20.9 Å². The Labute approximate surface area is 181 Å². The molecule has 1 N–H and O–H groups in total. The summed E-state index contributed by atoms with van der Waals surface area (Å²) in [6.45, 7) is 0.809. The van der Waals surface area contributed by atoms with E-state index in [2.05, 4.69) is 5.32 Å². The summed E-state index contributed by atoms with van der Waals surface area (Å²) < 4.78 is 27.8. The molecule has 3 aromatic carbocycles. The SMILES string of the molecule is O=C(NCc1ccc(Cl)cc1)c1ccc(S(=O)(=O)N2CCCc3ccccc32)cc1. The van der Waals surface area contributed by atoms with Gasteiger partial charge in [-0.05, 0) is 66.4 Å². The molecule has 7 heteroatoms. The van der Waals surface area contributed by atoms with Gasteiger partial charge in [0.25, 0.3) is 15.9 Å². The van der Waals surface area contributed by atoms with Crippen molar-refractivity contribution >= 4 is 33.2 Å². The minimum atomic E-state index is -3.69. The Balaban J connectivity index is 1.49. The minimum absolute atomic E-state index is 0.174. The Hall–Kier alpha value is -2.83. The van der Waals surface area contributed by atoms with Gasteiger partial charge in [-0.2, -0.15) is 0 Å². The lowest BCUT2D eigenvalue weighted by Crippen LogP contribution is -2.35. The highest BCUT2D eigenvalue weighted by atomic mass is 35.5. The molecule has 1 amide bonds. The van der Waals surface area contributed by atoms with E-state index in [0.717, 1.165) is 29.7 Å². The molecule has 3 aromatic rings. The Morgan fingerprint density at radius 3 is 2.40 bits per heavy atom. The van der Waals surface area contributed by atoms with Crippen molar-refractivity contribution in [3.8, 4) is 0 Å². The standard InChI is InChI=1S/C23H21ClN2O3S/c24-20-11-7-17(8-12-20)16-25-23(27)19-9-13-21(14-10-19)30(28,29)26-15-3-5-18-4-1-2-6-22(18)26/h1-2,4,6-14H,3,5,15-16H2,(H,25,27). The second kappa shape index (κ2) is 8.50. The summed E-state index contributed by atoms with van der Waals surface area (Å²) >= 11 is 5.87. The molecule has 0 saturated carbocycles. The average Bonchev–Trinajstić information content (AvgIpc) is 2.78. The number of amides is 1. The minimum Gasteiger partial charge on any atom is -0.348 e. The lowest BCUT2D eigenvalue weighted by atomic mass is 10.0. The van der Waals surface area contributed by atoms with Crippen LogP contribution in [0.25, 0.3) is 0 Å². The molecular formula is C23H21ClN2O3S. The van der Waals surface area contributed by atoms with Gasteiger partial charge in [-0.1, -0.05) is 41.9 Å². The van der Waals surface area contributed by atoms with Crippen molar-refractivity contribution in [2.45, 2.75) is 24.3 Å². The highest BCUT2D eigenvalue weighted by molar-refractivity contribution is 7.92. The molecule has 1 heterocycles. The lowest BCUT2D eigenvalue weighted by Gasteiger charge is -2.30. The first-order valence-electron chi connectivity index (χ1n) is 9.68. The average molecular weight is 441 g/mol. The van der Waals surface area contributed by atoms with Gasteiger partial charge in [0.1, 0.15) is 0 Å². The number of hydrogen-bond acceptors (Lipinski definition) is 3. The van der Waals surface area contributed by atoms with Gasteiger partial charge in [0, 0.05) is 23.7 Å². The highest BCUT2D eigenvalue weighted by Crippen LogP contribution is 2.31. The summed E-state index contributed by atoms with van der Waals surface area (Å²) in [5.41, 5.74) is 3.09. The number of rotatable bonds is 5. The summed E-state index contributed by atoms with van der Waals surface area (Å²) in [7, 11) is -3.69. The van der Waals surface area contributed by atoms with E-state index in [1.165, 1.54) is 16.4 Å². The van der Waals surface area contributed by atoms with Gasteiger partial charge >= 0.3 is 0 Å². The summed E-state index contributed by atoms with van der Waals surface area (Å²) in [6.07, 6.45) is 1.65. The van der Waals surface area contributed by atoms with Crippen LogP contribution in [0.1, 0.15) is 27.9 Å². The smallest absolute Gasteiger partial charge is 0.264 e. The number of fused-ring (bicyclic) bond motifs is 1. The third-order valence-electron chi connectivity index (χ3n) is 5.14. The maximum Gasteiger partial charge on any atom is 0.264 e. The van der Waals surface area contributed by atoms with Gasteiger partial charge in [0.05, 0.1) is 10.6 Å². The second-order valence-corrected chi connectivity index (χ2v) is 9.44. The van der Waals surface area contributed by atoms with Crippen LogP contribution in [0.2, 0.25) is 5.02 Å². The van der Waals surface area contributed by atoms with Crippen molar-refractivity contribution in [2.75, 3.05) is 10.8 Å². The van der Waals surface area contributed by atoms with Crippen molar-refractivity contribution in [3.05, 3.63) is 94.5 Å². The number of halogens is 1. The van der Waals surface area contributed by atoms with Crippen LogP contribution in [0.5, 0.6) is 0 Å². The second-order valence-electron chi connectivity index (χ2n) is 7.14. The molecule has 0 aromatic heterocycles. The predicted octanol–water partition coefficient (Wildman–Crippen LogP) is 4.41. The maximum atomic E-state index is 13.2. The quantitative estimate of drug-likeness (QED) is 0.639. The zero-order valence-electron chi connectivity index (χ0n) is 16.2. The largest absolute Gasteiger partial charge is 0.348 e. The third kappa shape index (κ3) is 4.20. The van der Waals surface area contributed by atoms with Gasteiger partial charge in [-0.3, -0.25) is 9.10 Å². The third-order valence-corrected chi connectivity index (χ3v) is 7.22. The van der Waals surface area contributed by atoms with Gasteiger partial charge in [0.2, 0.25) is 0 Å². The first-order chi connectivity index (χ1) is 14.4. The van der Waals surface area contributed by atoms with Crippen molar-refractivity contribution in [3.63, 3.8) is 0 Å². The summed E-state index contributed by atoms with van der Waals surface area (Å²) in [4.78, 5) is 12.6. The number of anilines is 1. The van der Waals surface area contributed by atoms with Gasteiger partial charge in [0.15, 0.2) is 0 Å². The van der Waals surface area contributed by atoms with Crippen LogP contribution in [-0.2, 0) is 23.0 Å². The van der Waals surface area contributed by atoms with E-state index >= 15 is 0 Å². The number of sulfonamides is 1. The number of aryl methyl sites for hydroxylation is 1. The first-order valence-corrected chi connectivity index (χ1v) is 11.5. The Morgan fingerprint density at radius 2 is 1.67 bits per heavy atom. The van der Waals surface area contributed by atoms with Crippen molar-refractivity contribution in [1.82, 2.24) is 5.32 Å². The molecule has 0 fully saturated rings. The zero-order chi connectivity index (χ0) is 21.1. The van der Waals surface area contributed by atoms with E-state index in [1.807, 2.05) is 36.4 Å². The van der Waals surface area contributed by atoms with E-state index < -0.39 is 10.0 Å². The number of benzene rings is 3. The fourth-order valence-corrected chi connectivity index (χ4v) is 5.21. The topological polar surface area (TPSA) is 66.5 Å². The molecule has 0 atom stereocenters. The van der Waals surface area contributed by atoms with Crippen molar-refractivity contribution in [2.24, 2.45) is 0 Å². The number of carbonyl (C=O) groups excluding carboxylic acids is 1. The summed E-state index contributed by atoms with van der Waals surface area (Å²) in [5, 5.41) is 3.46. The van der Waals surface area contributed by atoms with E-state index in [0.29, 0.717) is 23.7 Å². The molecule has 4 rings (SSSR count). The molecule has 0 spiro atoms. The molecule has 0 bridgehead atoms. The molecule has 0 radical (unpaired) electrons. The summed E-state index contributed by atoms with van der Waals surface area (Å²) in [5.74, 6) is -0.266. The molecule has 30 heavy (non-hydrogen) atoms. The molecule has 154 valence electrons. The molecule has 5 nitrogen and oxygen atoms in total. The molecule has 1 aliphatic rings. The number of nitrogens with one attached hydrogen (secondary N) is 1. The molecule has 0 saturated heterocycles. The predicted molar refractivity (Wildman–Crippen MR) is 118 cm³/mol. The van der Waals surface area contributed by atoms with Gasteiger partial charge in [-0.15, -0.1) is 0 Å². The van der Waals surface area contributed by atoms with E-state index in [1.54, 1.807) is 24.3 Å². The number of nitrogens with zero attached hydrogens (tertiary/aromatic N) is 1. The van der Waals surface area contributed by atoms with Crippen LogP contribution in [0, 0.1) is 0 Å². The normalized spacial score (nSPS) is 13.6. The maximum absolute atomic E-state index is 13.2. The van der Waals surface area contributed by atoms with Crippen molar-refractivity contribution < 1.29 is 13.2 Å². The van der Waals surface area contributed by atoms with E-state index in [4.69, 9.17) is 11.6 Å². The molecule has 0 aliphatic carbocycles. The molecule has 1 aliphatic heterocycles. The molecule has 0 unspecified atom stereocenters. The van der Waals surface area contributed by atoms with Crippen molar-refractivity contribution in [1.29, 1.82) is 0 Å². The van der Waals surface area contributed by atoms with Gasteiger partial charge < -0.3 is 5.32 Å². The zero-order valence-corrected chi connectivity index (χ0v) is 17.8. The fraction of sp³-hybridized carbons (Fsp3) is 0.174. The van der Waals surface area contributed by atoms with E-state index in [-0.39, 0.29) is 10.8 Å². The summed E-state index contributed by atoms with van der Waals surface area (Å²) in [6, 6.07) is 20.8. The Morgan fingerprint density at radius 1 is 0.967 bits per heavy atom. The van der Waals surface area contributed by atoms with Crippen LogP contribution in [0.15, 0.2) is 77.7 Å².